The van der Waals surface area contributed by atoms with Crippen LogP contribution in [0.2, 0.25) is 0 Å². The van der Waals surface area contributed by atoms with E-state index in [1.165, 1.54) is 18.6 Å². The lowest BCUT2D eigenvalue weighted by Crippen LogP contribution is -2.27. The van der Waals surface area contributed by atoms with Gasteiger partial charge in [-0.1, -0.05) is 32.3 Å². The van der Waals surface area contributed by atoms with Gasteiger partial charge < -0.3 is 5.32 Å². The predicted molar refractivity (Wildman–Crippen MR) is 71.1 cm³/mol. The summed E-state index contributed by atoms with van der Waals surface area (Å²) < 4.78 is 37.9. The molecule has 1 aromatic rings. The summed E-state index contributed by atoms with van der Waals surface area (Å²) >= 11 is 0. The van der Waals surface area contributed by atoms with Crippen molar-refractivity contribution in [1.82, 2.24) is 0 Å². The van der Waals surface area contributed by atoms with Crippen LogP contribution in [0.25, 0.3) is 0 Å². The quantitative estimate of drug-likeness (QED) is 0.807. The van der Waals surface area contributed by atoms with Gasteiger partial charge in [0.05, 0.1) is 5.56 Å². The molecule has 4 heteroatoms. The van der Waals surface area contributed by atoms with Crippen molar-refractivity contribution in [3.05, 3.63) is 29.8 Å². The molecule has 0 spiro atoms. The first-order chi connectivity index (χ1) is 8.99. The molecule has 2 unspecified atom stereocenters. The number of rotatable bonds is 3. The summed E-state index contributed by atoms with van der Waals surface area (Å²) in [6.45, 7) is 2.18. The van der Waals surface area contributed by atoms with Crippen molar-refractivity contribution in [2.45, 2.75) is 51.2 Å². The maximum Gasteiger partial charge on any atom is 0.416 e. The third-order valence-electron chi connectivity index (χ3n) is 3.92. The SMILES string of the molecule is CCC1CCCC(Nc2cccc(C(F)(F)F)c2)C1. The molecular weight excluding hydrogens is 251 g/mol. The Balaban J connectivity index is 2.03. The summed E-state index contributed by atoms with van der Waals surface area (Å²) in [6.07, 6.45) is 1.41. The van der Waals surface area contributed by atoms with Crippen LogP contribution in [0, 0.1) is 5.92 Å². The van der Waals surface area contributed by atoms with E-state index in [4.69, 9.17) is 0 Å². The van der Waals surface area contributed by atoms with Gasteiger partial charge in [0.2, 0.25) is 0 Å². The van der Waals surface area contributed by atoms with E-state index in [9.17, 15) is 13.2 Å². The molecule has 1 N–H and O–H groups in total. The third-order valence-corrected chi connectivity index (χ3v) is 3.92. The first-order valence-corrected chi connectivity index (χ1v) is 6.93. The zero-order valence-corrected chi connectivity index (χ0v) is 11.1. The lowest BCUT2D eigenvalue weighted by atomic mass is 9.84. The van der Waals surface area contributed by atoms with E-state index >= 15 is 0 Å². The second kappa shape index (κ2) is 5.85. The molecule has 0 aromatic heterocycles. The molecular formula is C15H20F3N. The Morgan fingerprint density at radius 2 is 2.05 bits per heavy atom. The normalized spacial score (nSPS) is 24.2. The van der Waals surface area contributed by atoms with Crippen LogP contribution in [0.1, 0.15) is 44.6 Å². The predicted octanol–water partition coefficient (Wildman–Crippen LogP) is 5.09. The molecule has 1 aromatic carbocycles. The number of alkyl halides is 3. The zero-order chi connectivity index (χ0) is 13.9. The molecule has 106 valence electrons. The molecule has 1 aliphatic rings. The number of nitrogens with one attached hydrogen (secondary N) is 1. The van der Waals surface area contributed by atoms with Gasteiger partial charge in [-0.25, -0.2) is 0 Å². The van der Waals surface area contributed by atoms with Gasteiger partial charge in [0.1, 0.15) is 0 Å². The van der Waals surface area contributed by atoms with Gasteiger partial charge in [-0.3, -0.25) is 0 Å². The van der Waals surface area contributed by atoms with Gasteiger partial charge in [0.25, 0.3) is 0 Å². The van der Waals surface area contributed by atoms with E-state index in [1.807, 2.05) is 0 Å². The monoisotopic (exact) mass is 271 g/mol. The van der Waals surface area contributed by atoms with Gasteiger partial charge in [-0.2, -0.15) is 13.2 Å². The Morgan fingerprint density at radius 3 is 2.74 bits per heavy atom. The van der Waals surface area contributed by atoms with Gasteiger partial charge >= 0.3 is 6.18 Å². The van der Waals surface area contributed by atoms with Crippen LogP contribution in [-0.2, 0) is 6.18 Å². The van der Waals surface area contributed by atoms with Crippen LogP contribution in [0.3, 0.4) is 0 Å². The molecule has 0 saturated heterocycles. The van der Waals surface area contributed by atoms with Gasteiger partial charge in [0, 0.05) is 11.7 Å². The van der Waals surface area contributed by atoms with E-state index in [0.29, 0.717) is 17.6 Å². The second-order valence-corrected chi connectivity index (χ2v) is 5.36. The van der Waals surface area contributed by atoms with Crippen LogP contribution in [-0.4, -0.2) is 6.04 Å². The van der Waals surface area contributed by atoms with Crippen LogP contribution in [0.4, 0.5) is 18.9 Å². The maximum atomic E-state index is 12.6. The molecule has 1 fully saturated rings. The molecule has 1 saturated carbocycles. The molecule has 1 nitrogen and oxygen atoms in total. The summed E-state index contributed by atoms with van der Waals surface area (Å²) in [5.41, 5.74) is -0.00284. The second-order valence-electron chi connectivity index (χ2n) is 5.36. The van der Waals surface area contributed by atoms with Crippen LogP contribution >= 0.6 is 0 Å². The van der Waals surface area contributed by atoms with Crippen LogP contribution < -0.4 is 5.32 Å². The number of anilines is 1. The van der Waals surface area contributed by atoms with E-state index in [0.717, 1.165) is 31.7 Å². The molecule has 0 bridgehead atoms. The molecule has 0 aliphatic heterocycles. The number of hydrogen-bond acceptors (Lipinski definition) is 1. The molecule has 2 rings (SSSR count). The van der Waals surface area contributed by atoms with Crippen molar-refractivity contribution < 1.29 is 13.2 Å². The highest BCUT2D eigenvalue weighted by atomic mass is 19.4. The topological polar surface area (TPSA) is 12.0 Å². The molecule has 19 heavy (non-hydrogen) atoms. The Morgan fingerprint density at radius 1 is 1.26 bits per heavy atom. The average Bonchev–Trinajstić information content (AvgIpc) is 2.38. The van der Waals surface area contributed by atoms with Gasteiger partial charge in [0.15, 0.2) is 0 Å². The smallest absolute Gasteiger partial charge is 0.382 e. The largest absolute Gasteiger partial charge is 0.416 e. The maximum absolute atomic E-state index is 12.6. The minimum absolute atomic E-state index is 0.308. The summed E-state index contributed by atoms with van der Waals surface area (Å²) in [6, 6.07) is 5.80. The summed E-state index contributed by atoms with van der Waals surface area (Å²) in [5, 5.41) is 3.26. The standard InChI is InChI=1S/C15H20F3N/c1-2-11-5-3-7-13(9-11)19-14-8-4-6-12(10-14)15(16,17)18/h4,6,8,10-11,13,19H,2-3,5,7,9H2,1H3. The molecule has 0 radical (unpaired) electrons. The molecule has 0 amide bonds. The van der Waals surface area contributed by atoms with E-state index in [2.05, 4.69) is 12.2 Å². The van der Waals surface area contributed by atoms with Crippen LogP contribution in [0.15, 0.2) is 24.3 Å². The minimum atomic E-state index is -4.27. The van der Waals surface area contributed by atoms with Crippen molar-refractivity contribution >= 4 is 5.69 Å². The highest BCUT2D eigenvalue weighted by Crippen LogP contribution is 2.32. The lowest BCUT2D eigenvalue weighted by molar-refractivity contribution is -0.137. The highest BCUT2D eigenvalue weighted by molar-refractivity contribution is 5.47. The zero-order valence-electron chi connectivity index (χ0n) is 11.1. The Kier molecular flexibility index (Phi) is 4.38. The van der Waals surface area contributed by atoms with Gasteiger partial charge in [-0.05, 0) is 37.0 Å². The average molecular weight is 271 g/mol. The fourth-order valence-corrected chi connectivity index (χ4v) is 2.81. The Hall–Kier alpha value is -1.19. The third kappa shape index (κ3) is 3.88. The van der Waals surface area contributed by atoms with Crippen LogP contribution in [0.5, 0.6) is 0 Å². The first-order valence-electron chi connectivity index (χ1n) is 6.93. The molecule has 1 aliphatic carbocycles. The van der Waals surface area contributed by atoms with E-state index in [1.54, 1.807) is 6.07 Å². The Bertz CT molecular complexity index is 414. The summed E-state index contributed by atoms with van der Waals surface area (Å²) in [4.78, 5) is 0. The van der Waals surface area contributed by atoms with Crippen molar-refractivity contribution in [3.8, 4) is 0 Å². The van der Waals surface area contributed by atoms with Crippen molar-refractivity contribution in [3.63, 3.8) is 0 Å². The molecule has 2 atom stereocenters. The number of halogens is 3. The fourth-order valence-electron chi connectivity index (χ4n) is 2.81. The van der Waals surface area contributed by atoms with Gasteiger partial charge in [-0.15, -0.1) is 0 Å². The summed E-state index contributed by atoms with van der Waals surface area (Å²) in [7, 11) is 0. The van der Waals surface area contributed by atoms with Crippen molar-refractivity contribution in [2.75, 3.05) is 5.32 Å². The summed E-state index contributed by atoms with van der Waals surface area (Å²) in [5.74, 6) is 0.706. The van der Waals surface area contributed by atoms with Crippen molar-refractivity contribution in [2.24, 2.45) is 5.92 Å². The van der Waals surface area contributed by atoms with E-state index in [-0.39, 0.29) is 0 Å². The highest BCUT2D eigenvalue weighted by Gasteiger charge is 2.30. The fraction of sp³-hybridized carbons (Fsp3) is 0.600. The first kappa shape index (κ1) is 14.2. The number of benzene rings is 1. The minimum Gasteiger partial charge on any atom is -0.382 e. The van der Waals surface area contributed by atoms with E-state index < -0.39 is 11.7 Å². The number of hydrogen-bond donors (Lipinski definition) is 1. The molecule has 0 heterocycles. The lowest BCUT2D eigenvalue weighted by Gasteiger charge is -2.30. The Labute approximate surface area is 112 Å². The van der Waals surface area contributed by atoms with Crippen molar-refractivity contribution in [1.29, 1.82) is 0 Å².